The first-order valence-electron chi connectivity index (χ1n) is 22.8. The van der Waals surface area contributed by atoms with Crippen molar-refractivity contribution in [2.75, 3.05) is 60.0 Å². The lowest BCUT2D eigenvalue weighted by atomic mass is 9.89. The van der Waals surface area contributed by atoms with Gasteiger partial charge in [0, 0.05) is 83.9 Å². The van der Waals surface area contributed by atoms with Crippen molar-refractivity contribution in [3.63, 3.8) is 0 Å². The summed E-state index contributed by atoms with van der Waals surface area (Å²) in [6.07, 6.45) is 2.50. The van der Waals surface area contributed by atoms with E-state index in [0.29, 0.717) is 67.8 Å². The molecule has 0 aromatic heterocycles. The fourth-order valence-corrected chi connectivity index (χ4v) is 8.26. The number of amides is 2. The summed E-state index contributed by atoms with van der Waals surface area (Å²) in [6.45, 7) is 15.4. The number of Topliss-reactive ketones (excluding diaryl/α,β-unsaturated/α-hetero) is 1. The molecule has 69 heavy (non-hydrogen) atoms. The van der Waals surface area contributed by atoms with Gasteiger partial charge in [0.25, 0.3) is 0 Å². The Labute approximate surface area is 421 Å². The molecule has 6 rings (SSSR count). The number of nitrogens with zero attached hydrogens (tertiary/aromatic N) is 2. The number of carboxylic acids is 1. The van der Waals surface area contributed by atoms with Crippen LogP contribution in [0, 0.1) is 0 Å². The van der Waals surface area contributed by atoms with Gasteiger partial charge in [-0.05, 0) is 150 Å². The number of carbonyl (C=O) groups excluding carboxylic acids is 4. The van der Waals surface area contributed by atoms with Gasteiger partial charge in [-0.2, -0.15) is 0 Å². The monoisotopic (exact) mass is 1010 g/mol. The number of halogens is 3. The van der Waals surface area contributed by atoms with Gasteiger partial charge < -0.3 is 63.6 Å². The average Bonchev–Trinajstić information content (AvgIpc) is 3.27. The largest absolute Gasteiger partial charge is 1.00 e. The second-order valence-corrected chi connectivity index (χ2v) is 18.5. The summed E-state index contributed by atoms with van der Waals surface area (Å²) in [5.41, 5.74) is 14.5. The van der Waals surface area contributed by atoms with Gasteiger partial charge in [0.1, 0.15) is 12.2 Å². The number of benzene rings is 4. The van der Waals surface area contributed by atoms with E-state index < -0.39 is 11.6 Å². The minimum atomic E-state index is -0.985. The molecule has 4 aromatic rings. The van der Waals surface area contributed by atoms with Crippen LogP contribution in [0.4, 0.5) is 22.7 Å². The molecule has 15 nitrogen and oxygen atoms in total. The van der Waals surface area contributed by atoms with Crippen molar-refractivity contribution in [3.8, 4) is 0 Å². The Kier molecular flexibility index (Phi) is 23.4. The van der Waals surface area contributed by atoms with Crippen molar-refractivity contribution >= 4 is 75.5 Å². The molecule has 0 spiro atoms. The maximum absolute atomic E-state index is 12.5. The Morgan fingerprint density at radius 3 is 1.61 bits per heavy atom. The number of rotatable bonds is 16. The molecule has 0 bridgehead atoms. The molecule has 0 saturated heterocycles. The number of hydrogen-bond acceptors (Lipinski definition) is 11. The highest BCUT2D eigenvalue weighted by Crippen LogP contribution is 2.41. The number of nitrogens with one attached hydrogen (secondary N) is 2. The summed E-state index contributed by atoms with van der Waals surface area (Å²) in [6, 6.07) is 25.2. The second kappa shape index (κ2) is 27.8. The van der Waals surface area contributed by atoms with Crippen molar-refractivity contribution in [2.45, 2.75) is 104 Å². The zero-order valence-corrected chi connectivity index (χ0v) is 42.8. The molecule has 4 aromatic carbocycles. The fraction of sp³-hybridized carbons (Fsp3) is 0.431. The molecule has 8 N–H and O–H groups in total. The maximum atomic E-state index is 12.5. The molecule has 4 atom stereocenters. The van der Waals surface area contributed by atoms with Crippen LogP contribution in [0.5, 0.6) is 0 Å². The number of ketones is 1. The van der Waals surface area contributed by atoms with Gasteiger partial charge in [-0.3, -0.25) is 19.2 Å². The summed E-state index contributed by atoms with van der Waals surface area (Å²) in [7, 11) is 0. The van der Waals surface area contributed by atoms with Crippen LogP contribution < -0.4 is 44.3 Å². The molecule has 2 aliphatic heterocycles. The minimum absolute atomic E-state index is 0. The fourth-order valence-electron chi connectivity index (χ4n) is 8.01. The lowest BCUT2D eigenvalue weighted by molar-refractivity contribution is -0.373. The quantitative estimate of drug-likeness (QED) is 0.0534. The Morgan fingerprint density at radius 1 is 0.725 bits per heavy atom. The number of carbonyl (C=O) groups is 5. The third-order valence-corrected chi connectivity index (χ3v) is 11.4. The number of fused-ring (bicyclic) bond motifs is 2. The highest BCUT2D eigenvalue weighted by Gasteiger charge is 2.34. The summed E-state index contributed by atoms with van der Waals surface area (Å²) in [4.78, 5) is 62.9. The van der Waals surface area contributed by atoms with Crippen molar-refractivity contribution in [1.29, 1.82) is 0 Å². The smallest absolute Gasteiger partial charge is 0.335 e. The van der Waals surface area contributed by atoms with E-state index in [-0.39, 0.29) is 72.3 Å². The van der Waals surface area contributed by atoms with Crippen LogP contribution >= 0.6 is 23.2 Å². The highest BCUT2D eigenvalue weighted by molar-refractivity contribution is 6.31. The van der Waals surface area contributed by atoms with E-state index in [2.05, 4.69) is 16.4 Å². The topological polar surface area (TPSA) is 217 Å². The number of anilines is 4. The molecule has 0 saturated carbocycles. The Hall–Kier alpha value is -5.26. The lowest BCUT2D eigenvalue weighted by Gasteiger charge is -2.39. The van der Waals surface area contributed by atoms with E-state index in [0.717, 1.165) is 40.3 Å². The molecule has 2 amide bonds. The van der Waals surface area contributed by atoms with Crippen LogP contribution in [-0.4, -0.2) is 91.8 Å². The number of aromatic carboxylic acids is 1. The predicted molar refractivity (Wildman–Crippen MR) is 268 cm³/mol. The molecule has 0 aliphatic carbocycles. The molecule has 0 radical (unpaired) electrons. The molecule has 0 unspecified atom stereocenters. The molecular weight excluding hydrogens is 947 g/mol. The van der Waals surface area contributed by atoms with Crippen molar-refractivity contribution in [1.82, 2.24) is 0 Å². The molecule has 18 heteroatoms. The van der Waals surface area contributed by atoms with Crippen molar-refractivity contribution < 1.29 is 61.4 Å². The van der Waals surface area contributed by atoms with E-state index in [9.17, 15) is 29.1 Å². The number of quaternary nitrogens is 1. The van der Waals surface area contributed by atoms with Crippen LogP contribution in [-0.2, 0) is 28.6 Å². The SMILES string of the molecule is CC(=O)N1c2ccc(C(=O)COCC[NH3+])cc2[C@H](Nc2ccc(Cl)cc2)C[C@@H]1C.CC(=O)N1c2ccc(C(=O)O)cc2[C@H](Nc2ccc(Cl)cc2)C[C@@H]1C.CC(C)(C)OC(=O)CCCOCCN.[Cl-]. The minimum Gasteiger partial charge on any atom is -1.00 e. The van der Waals surface area contributed by atoms with Crippen LogP contribution in [0.15, 0.2) is 84.9 Å². The molecule has 2 heterocycles. The third kappa shape index (κ3) is 17.9. The summed E-state index contributed by atoms with van der Waals surface area (Å²) >= 11 is 11.9. The molecule has 0 fully saturated rings. The number of carboxylic acid groups (broad SMARTS) is 1. The number of nitrogens with two attached hydrogens (primary N) is 1. The first kappa shape index (κ1) is 58.1. The number of hydrogen-bond donors (Lipinski definition) is 5. The van der Waals surface area contributed by atoms with Gasteiger partial charge >= 0.3 is 11.9 Å². The normalized spacial score (nSPS) is 17.0. The standard InChI is InChI=1S/C22H26ClN3O3.C19H19ClN2O3.C10H21NO3.ClH/c1-14-11-20(25-18-6-4-17(23)5-7-18)19-12-16(22(28)13-29-10-9-24)3-8-21(19)26(14)15(2)27;1-11-9-17(21-15-6-4-14(20)5-7-15)16-10-13(19(24)25)3-8-18(16)22(11)12(2)23;1-10(2,3)14-9(12)5-4-7-13-8-6-11;/h3-8,12,14,20,25H,9-11,13,24H2,1-2H3;3-8,10-11,17,21H,9H2,1-2H3,(H,24,25);4-8,11H2,1-3H3;1H/t14-,20+;11-,17+;;/m00../s1. The lowest BCUT2D eigenvalue weighted by Crippen LogP contribution is -3.00. The Morgan fingerprint density at radius 2 is 1.19 bits per heavy atom. The van der Waals surface area contributed by atoms with Crippen molar-refractivity contribution in [3.05, 3.63) is 117 Å². The van der Waals surface area contributed by atoms with Gasteiger partial charge in [0.2, 0.25) is 11.8 Å². The van der Waals surface area contributed by atoms with Crippen LogP contribution in [0.3, 0.4) is 0 Å². The van der Waals surface area contributed by atoms with Crippen LogP contribution in [0.25, 0.3) is 0 Å². The molecule has 2 aliphatic rings. The molecule has 376 valence electrons. The first-order chi connectivity index (χ1) is 32.2. The van der Waals surface area contributed by atoms with Gasteiger partial charge in [0.05, 0.1) is 37.4 Å². The second-order valence-electron chi connectivity index (χ2n) is 17.6. The van der Waals surface area contributed by atoms with Gasteiger partial charge in [-0.25, -0.2) is 4.79 Å². The van der Waals surface area contributed by atoms with Gasteiger partial charge in [-0.15, -0.1) is 0 Å². The predicted octanol–water partition coefficient (Wildman–Crippen LogP) is 5.50. The van der Waals surface area contributed by atoms with Crippen LogP contribution in [0.2, 0.25) is 10.0 Å². The number of esters is 1. The third-order valence-electron chi connectivity index (χ3n) is 10.9. The number of ether oxygens (including phenoxy) is 3. The zero-order valence-electron chi connectivity index (χ0n) is 40.5. The van der Waals surface area contributed by atoms with Crippen LogP contribution in [0.1, 0.15) is 118 Å². The molecular formula is C51H67Cl3N6O9. The van der Waals surface area contributed by atoms with E-state index in [1.54, 1.807) is 47.1 Å². The average molecular weight is 1010 g/mol. The van der Waals surface area contributed by atoms with Gasteiger partial charge in [-0.1, -0.05) is 23.2 Å². The van der Waals surface area contributed by atoms with E-state index >= 15 is 0 Å². The van der Waals surface area contributed by atoms with E-state index in [4.69, 9.17) is 43.1 Å². The summed E-state index contributed by atoms with van der Waals surface area (Å²) < 4.78 is 15.6. The Balaban J connectivity index is 0.000000288. The van der Waals surface area contributed by atoms with Crippen molar-refractivity contribution in [2.24, 2.45) is 5.73 Å². The summed E-state index contributed by atoms with van der Waals surface area (Å²) in [5.74, 6) is -1.31. The Bertz CT molecular complexity index is 2330. The van der Waals surface area contributed by atoms with E-state index in [1.807, 2.05) is 83.1 Å². The summed E-state index contributed by atoms with van der Waals surface area (Å²) in [5, 5.41) is 17.6. The van der Waals surface area contributed by atoms with Gasteiger partial charge in [0.15, 0.2) is 5.78 Å². The highest BCUT2D eigenvalue weighted by atomic mass is 35.5. The maximum Gasteiger partial charge on any atom is 0.335 e. The zero-order chi connectivity index (χ0) is 50.1. The first-order valence-corrected chi connectivity index (χ1v) is 23.5. The van der Waals surface area contributed by atoms with E-state index in [1.165, 1.54) is 13.0 Å².